The largest absolute Gasteiger partial charge is 0.326 e. The molecular formula is C26H26N4O4S. The number of sulfonamides is 1. The summed E-state index contributed by atoms with van der Waals surface area (Å²) in [6.07, 6.45) is 1.98. The lowest BCUT2D eigenvalue weighted by molar-refractivity contribution is -0.117. The van der Waals surface area contributed by atoms with Crippen LogP contribution in [0.2, 0.25) is 0 Å². The molecule has 0 aliphatic rings. The monoisotopic (exact) mass is 490 g/mol. The maximum absolute atomic E-state index is 13.0. The number of imidazole rings is 1. The predicted molar refractivity (Wildman–Crippen MR) is 135 cm³/mol. The Hall–Kier alpha value is -3.98. The number of anilines is 1. The number of nitrogens with one attached hydrogen (secondary N) is 2. The number of amides is 2. The number of carbonyl (C=O) groups is 2. The SMILES string of the molecule is CC(=O)NS(=O)(=O)c1ccc(NC(=O)Cc2c(-c3ccc(C)c(C)c3)nc3cc(C)ccn23)cc1. The minimum atomic E-state index is -3.94. The van der Waals surface area contributed by atoms with E-state index in [0.29, 0.717) is 5.69 Å². The van der Waals surface area contributed by atoms with Gasteiger partial charge >= 0.3 is 0 Å². The fraction of sp³-hybridized carbons (Fsp3) is 0.192. The number of fused-ring (bicyclic) bond motifs is 1. The molecule has 8 nitrogen and oxygen atoms in total. The number of pyridine rings is 1. The van der Waals surface area contributed by atoms with E-state index in [4.69, 9.17) is 4.98 Å². The second-order valence-electron chi connectivity index (χ2n) is 8.55. The molecule has 0 saturated carbocycles. The van der Waals surface area contributed by atoms with Crippen LogP contribution < -0.4 is 10.0 Å². The lowest BCUT2D eigenvalue weighted by atomic mass is 10.0. The Labute approximate surface area is 204 Å². The van der Waals surface area contributed by atoms with E-state index in [2.05, 4.69) is 11.4 Å². The lowest BCUT2D eigenvalue weighted by Crippen LogP contribution is -2.28. The molecule has 0 atom stereocenters. The number of aryl methyl sites for hydroxylation is 3. The van der Waals surface area contributed by atoms with Crippen molar-refractivity contribution in [2.24, 2.45) is 0 Å². The molecule has 0 aliphatic carbocycles. The van der Waals surface area contributed by atoms with Crippen molar-refractivity contribution in [3.8, 4) is 11.3 Å². The number of carbonyl (C=O) groups excluding carboxylic acids is 2. The Balaban J connectivity index is 1.62. The first-order valence-corrected chi connectivity index (χ1v) is 12.5. The predicted octanol–water partition coefficient (Wildman–Crippen LogP) is 3.93. The highest BCUT2D eigenvalue weighted by Crippen LogP contribution is 2.27. The summed E-state index contributed by atoms with van der Waals surface area (Å²) in [4.78, 5) is 28.9. The Morgan fingerprint density at radius 3 is 2.31 bits per heavy atom. The van der Waals surface area contributed by atoms with Gasteiger partial charge in [-0.15, -0.1) is 0 Å². The van der Waals surface area contributed by atoms with Gasteiger partial charge in [0.05, 0.1) is 22.7 Å². The summed E-state index contributed by atoms with van der Waals surface area (Å²) in [5, 5.41) is 2.81. The quantitative estimate of drug-likeness (QED) is 0.426. The Morgan fingerprint density at radius 2 is 1.66 bits per heavy atom. The van der Waals surface area contributed by atoms with Crippen molar-refractivity contribution in [2.75, 3.05) is 5.32 Å². The first kappa shape index (κ1) is 24.2. The molecule has 9 heteroatoms. The van der Waals surface area contributed by atoms with Gasteiger partial charge in [0.25, 0.3) is 10.0 Å². The molecule has 180 valence electrons. The summed E-state index contributed by atoms with van der Waals surface area (Å²) in [6, 6.07) is 15.7. The zero-order valence-corrected chi connectivity index (χ0v) is 20.7. The molecule has 35 heavy (non-hydrogen) atoms. The first-order chi connectivity index (χ1) is 16.5. The van der Waals surface area contributed by atoms with E-state index in [1.165, 1.54) is 29.8 Å². The third-order valence-electron chi connectivity index (χ3n) is 5.72. The van der Waals surface area contributed by atoms with Gasteiger partial charge in [-0.3, -0.25) is 9.59 Å². The van der Waals surface area contributed by atoms with Gasteiger partial charge in [0.15, 0.2) is 0 Å². The molecule has 2 aromatic heterocycles. The number of rotatable bonds is 6. The zero-order valence-electron chi connectivity index (χ0n) is 19.9. The second-order valence-corrected chi connectivity index (χ2v) is 10.2. The zero-order chi connectivity index (χ0) is 25.3. The molecule has 2 amide bonds. The highest BCUT2D eigenvalue weighted by molar-refractivity contribution is 7.90. The third kappa shape index (κ3) is 5.25. The van der Waals surface area contributed by atoms with Gasteiger partial charge in [-0.2, -0.15) is 0 Å². The Morgan fingerprint density at radius 1 is 0.943 bits per heavy atom. The number of hydrogen-bond acceptors (Lipinski definition) is 5. The van der Waals surface area contributed by atoms with Crippen molar-refractivity contribution in [1.82, 2.24) is 14.1 Å². The topological polar surface area (TPSA) is 110 Å². The number of benzene rings is 2. The van der Waals surface area contributed by atoms with Crippen LogP contribution in [0, 0.1) is 20.8 Å². The van der Waals surface area contributed by atoms with Gasteiger partial charge in [0.2, 0.25) is 11.8 Å². The van der Waals surface area contributed by atoms with Crippen molar-refractivity contribution >= 4 is 33.2 Å². The van der Waals surface area contributed by atoms with E-state index in [-0.39, 0.29) is 17.2 Å². The lowest BCUT2D eigenvalue weighted by Gasteiger charge is -2.10. The van der Waals surface area contributed by atoms with E-state index >= 15 is 0 Å². The highest BCUT2D eigenvalue weighted by atomic mass is 32.2. The van der Waals surface area contributed by atoms with E-state index < -0.39 is 15.9 Å². The molecule has 0 spiro atoms. The summed E-state index contributed by atoms with van der Waals surface area (Å²) in [6.45, 7) is 7.21. The molecule has 0 aliphatic heterocycles. The highest BCUT2D eigenvalue weighted by Gasteiger charge is 2.19. The molecule has 0 fully saturated rings. The molecule has 0 bridgehead atoms. The average molecular weight is 491 g/mol. The fourth-order valence-corrected chi connectivity index (χ4v) is 4.80. The van der Waals surface area contributed by atoms with Crippen LogP contribution in [-0.2, 0) is 26.0 Å². The third-order valence-corrected chi connectivity index (χ3v) is 7.16. The van der Waals surface area contributed by atoms with E-state index in [1.54, 1.807) is 0 Å². The van der Waals surface area contributed by atoms with Crippen LogP contribution in [0.25, 0.3) is 16.9 Å². The van der Waals surface area contributed by atoms with Crippen molar-refractivity contribution in [2.45, 2.75) is 39.0 Å². The van der Waals surface area contributed by atoms with Gasteiger partial charge in [-0.25, -0.2) is 18.1 Å². The maximum atomic E-state index is 13.0. The molecule has 4 rings (SSSR count). The van der Waals surface area contributed by atoms with Crippen LogP contribution >= 0.6 is 0 Å². The fourth-order valence-electron chi connectivity index (χ4n) is 3.81. The van der Waals surface area contributed by atoms with Crippen molar-refractivity contribution in [3.05, 3.63) is 83.2 Å². The van der Waals surface area contributed by atoms with Crippen LogP contribution in [0.15, 0.2) is 65.7 Å². The van der Waals surface area contributed by atoms with Crippen LogP contribution in [-0.4, -0.2) is 29.6 Å². The normalized spacial score (nSPS) is 11.4. The summed E-state index contributed by atoms with van der Waals surface area (Å²) in [5.41, 5.74) is 7.01. The minimum Gasteiger partial charge on any atom is -0.326 e. The van der Waals surface area contributed by atoms with Crippen LogP contribution in [0.1, 0.15) is 29.3 Å². The smallest absolute Gasteiger partial charge is 0.264 e. The van der Waals surface area contributed by atoms with Gasteiger partial charge < -0.3 is 9.72 Å². The van der Waals surface area contributed by atoms with Crippen LogP contribution in [0.5, 0.6) is 0 Å². The van der Waals surface area contributed by atoms with Gasteiger partial charge in [-0.05, 0) is 79.9 Å². The molecule has 4 aromatic rings. The first-order valence-electron chi connectivity index (χ1n) is 11.0. The minimum absolute atomic E-state index is 0.0679. The molecule has 2 heterocycles. The summed E-state index contributed by atoms with van der Waals surface area (Å²) in [5.74, 6) is -0.944. The van der Waals surface area contributed by atoms with Crippen molar-refractivity contribution in [3.63, 3.8) is 0 Å². The van der Waals surface area contributed by atoms with Gasteiger partial charge in [0.1, 0.15) is 5.65 Å². The van der Waals surface area contributed by atoms with E-state index in [1.807, 2.05) is 60.4 Å². The number of aromatic nitrogens is 2. The van der Waals surface area contributed by atoms with Gasteiger partial charge in [-0.1, -0.05) is 12.1 Å². The standard InChI is InChI=1S/C26H26N4O4S/c1-16-11-12-30-23(26(28-24(30)13-16)20-6-5-17(2)18(3)14-20)15-25(32)27-21-7-9-22(10-8-21)35(33,34)29-19(4)31/h5-14H,15H2,1-4H3,(H,27,32)(H,29,31). The summed E-state index contributed by atoms with van der Waals surface area (Å²) < 4.78 is 28.1. The van der Waals surface area contributed by atoms with E-state index in [0.717, 1.165) is 40.6 Å². The Bertz CT molecular complexity index is 1550. The molecule has 2 N–H and O–H groups in total. The van der Waals surface area contributed by atoms with E-state index in [9.17, 15) is 18.0 Å². The molecule has 0 unspecified atom stereocenters. The summed E-state index contributed by atoms with van der Waals surface area (Å²) in [7, 11) is -3.94. The maximum Gasteiger partial charge on any atom is 0.264 e. The molecular weight excluding hydrogens is 464 g/mol. The molecule has 0 radical (unpaired) electrons. The van der Waals surface area contributed by atoms with Crippen molar-refractivity contribution < 1.29 is 18.0 Å². The van der Waals surface area contributed by atoms with Crippen LogP contribution in [0.3, 0.4) is 0 Å². The van der Waals surface area contributed by atoms with Crippen LogP contribution in [0.4, 0.5) is 5.69 Å². The average Bonchev–Trinajstić information content (AvgIpc) is 3.12. The Kier molecular flexibility index (Phi) is 6.45. The molecule has 2 aromatic carbocycles. The number of nitrogens with zero attached hydrogens (tertiary/aromatic N) is 2. The summed E-state index contributed by atoms with van der Waals surface area (Å²) >= 11 is 0. The molecule has 0 saturated heterocycles. The van der Waals surface area contributed by atoms with Crippen molar-refractivity contribution in [1.29, 1.82) is 0 Å². The second kappa shape index (κ2) is 9.34. The number of hydrogen-bond donors (Lipinski definition) is 2. The van der Waals surface area contributed by atoms with Gasteiger partial charge in [0, 0.05) is 24.4 Å².